The summed E-state index contributed by atoms with van der Waals surface area (Å²) in [4.78, 5) is 7.61. The van der Waals surface area contributed by atoms with E-state index in [9.17, 15) is 0 Å². The number of benzene rings is 3. The molecule has 6 heteroatoms. The molecule has 3 aliphatic rings. The summed E-state index contributed by atoms with van der Waals surface area (Å²) in [5, 5.41) is 4.76. The Morgan fingerprint density at radius 3 is 2.34 bits per heavy atom. The van der Waals surface area contributed by atoms with E-state index >= 15 is 0 Å². The predicted octanol–water partition coefficient (Wildman–Crippen LogP) is 9.55. The van der Waals surface area contributed by atoms with Crippen LogP contribution in [0.15, 0.2) is 106 Å². The first-order valence-corrected chi connectivity index (χ1v) is 13.1. The zero-order valence-electron chi connectivity index (χ0n) is 18.8. The summed E-state index contributed by atoms with van der Waals surface area (Å²) < 4.78 is 0. The van der Waals surface area contributed by atoms with E-state index in [1.165, 1.54) is 22.4 Å². The standard InChI is InChI=1S/C29H22Cl2N2S.BrH/c30-24-15-6-4-11-20(24)17-21-12-8-14-23-27(21)32-29-33(28(23)22-13-5-7-16-25(22)31)26(18-34-29)19-9-2-1-3-10-19;/h1-7,9-11,13,15-18,28H,8,12,14H2;1H. The number of nitrogens with zero attached hydrogens (tertiary/aromatic N) is 2. The van der Waals surface area contributed by atoms with Gasteiger partial charge in [0.1, 0.15) is 0 Å². The van der Waals surface area contributed by atoms with Crippen molar-refractivity contribution in [2.45, 2.75) is 25.3 Å². The van der Waals surface area contributed by atoms with Crippen LogP contribution in [0.5, 0.6) is 0 Å². The Morgan fingerprint density at radius 1 is 0.857 bits per heavy atom. The maximum atomic E-state index is 6.81. The van der Waals surface area contributed by atoms with Gasteiger partial charge in [-0.3, -0.25) is 0 Å². The molecule has 3 aromatic rings. The topological polar surface area (TPSA) is 15.6 Å². The summed E-state index contributed by atoms with van der Waals surface area (Å²) in [7, 11) is 0. The molecule has 176 valence electrons. The zero-order chi connectivity index (χ0) is 23.1. The molecule has 0 saturated heterocycles. The summed E-state index contributed by atoms with van der Waals surface area (Å²) in [6, 6.07) is 26.8. The highest BCUT2D eigenvalue weighted by Gasteiger charge is 2.40. The number of thioether (sulfide) groups is 1. The van der Waals surface area contributed by atoms with Gasteiger partial charge in [0.15, 0.2) is 5.17 Å². The highest BCUT2D eigenvalue weighted by Crippen LogP contribution is 2.52. The van der Waals surface area contributed by atoms with Crippen LogP contribution in [-0.4, -0.2) is 10.1 Å². The summed E-state index contributed by atoms with van der Waals surface area (Å²) >= 11 is 15.0. The second kappa shape index (κ2) is 10.4. The Bertz CT molecular complexity index is 1390. The Hall–Kier alpha value is -2.24. The van der Waals surface area contributed by atoms with Crippen LogP contribution in [0.4, 0.5) is 0 Å². The lowest BCUT2D eigenvalue weighted by atomic mass is 9.82. The fourth-order valence-electron chi connectivity index (χ4n) is 4.99. The summed E-state index contributed by atoms with van der Waals surface area (Å²) in [5.41, 5.74) is 8.17. The molecule has 1 atom stereocenters. The van der Waals surface area contributed by atoms with Gasteiger partial charge in [0.05, 0.1) is 17.4 Å². The van der Waals surface area contributed by atoms with Crippen LogP contribution in [0, 0.1) is 0 Å². The van der Waals surface area contributed by atoms with E-state index in [1.807, 2.05) is 30.3 Å². The molecule has 0 fully saturated rings. The Morgan fingerprint density at radius 2 is 1.57 bits per heavy atom. The first kappa shape index (κ1) is 24.5. The van der Waals surface area contributed by atoms with Gasteiger partial charge in [0.2, 0.25) is 0 Å². The maximum Gasteiger partial charge on any atom is 0.174 e. The van der Waals surface area contributed by atoms with Crippen LogP contribution < -0.4 is 0 Å². The third kappa shape index (κ3) is 4.53. The third-order valence-corrected chi connectivity index (χ3v) is 8.07. The molecule has 2 heterocycles. The molecule has 2 aliphatic heterocycles. The van der Waals surface area contributed by atoms with Crippen LogP contribution in [-0.2, 0) is 0 Å². The molecule has 1 aliphatic carbocycles. The molecule has 6 rings (SSSR count). The second-order valence-electron chi connectivity index (χ2n) is 8.59. The molecule has 0 saturated carbocycles. The maximum absolute atomic E-state index is 6.81. The van der Waals surface area contributed by atoms with Crippen molar-refractivity contribution in [2.75, 3.05) is 0 Å². The van der Waals surface area contributed by atoms with Gasteiger partial charge in [0, 0.05) is 15.5 Å². The number of allylic oxidation sites excluding steroid dienone is 1. The monoisotopic (exact) mass is 580 g/mol. The molecule has 3 aromatic carbocycles. The lowest BCUT2D eigenvalue weighted by molar-refractivity contribution is 0.458. The van der Waals surface area contributed by atoms with Crippen molar-refractivity contribution < 1.29 is 0 Å². The van der Waals surface area contributed by atoms with Crippen molar-refractivity contribution in [3.63, 3.8) is 0 Å². The molecular formula is C29H23BrCl2N2S. The van der Waals surface area contributed by atoms with Gasteiger partial charge in [-0.25, -0.2) is 4.99 Å². The van der Waals surface area contributed by atoms with E-state index in [4.69, 9.17) is 28.2 Å². The van der Waals surface area contributed by atoms with E-state index < -0.39 is 0 Å². The van der Waals surface area contributed by atoms with E-state index in [0.717, 1.165) is 51.3 Å². The minimum atomic E-state index is 0. The van der Waals surface area contributed by atoms with E-state index in [1.54, 1.807) is 11.8 Å². The van der Waals surface area contributed by atoms with E-state index in [0.29, 0.717) is 0 Å². The van der Waals surface area contributed by atoms with Crippen molar-refractivity contribution in [1.29, 1.82) is 0 Å². The van der Waals surface area contributed by atoms with Gasteiger partial charge in [-0.2, -0.15) is 0 Å². The summed E-state index contributed by atoms with van der Waals surface area (Å²) in [6.07, 6.45) is 5.27. The van der Waals surface area contributed by atoms with Gasteiger partial charge in [-0.15, -0.1) is 17.0 Å². The second-order valence-corrected chi connectivity index (χ2v) is 10.2. The normalized spacial score (nSPS) is 20.1. The number of rotatable bonds is 3. The average Bonchev–Trinajstić information content (AvgIpc) is 3.29. The third-order valence-electron chi connectivity index (χ3n) is 6.54. The molecule has 0 spiro atoms. The molecule has 35 heavy (non-hydrogen) atoms. The van der Waals surface area contributed by atoms with Crippen LogP contribution in [0.3, 0.4) is 0 Å². The molecule has 0 aromatic heterocycles. The SMILES string of the molecule is Br.Clc1ccccc1C=C1CCCC2=C1N=C1SC=C(c3ccccc3)N1C2c1ccccc1Cl. The Labute approximate surface area is 230 Å². The van der Waals surface area contributed by atoms with Crippen LogP contribution in [0.2, 0.25) is 10.0 Å². The summed E-state index contributed by atoms with van der Waals surface area (Å²) in [5.74, 6) is 0. The molecule has 1 unspecified atom stereocenters. The predicted molar refractivity (Wildman–Crippen MR) is 156 cm³/mol. The van der Waals surface area contributed by atoms with Crippen LogP contribution in [0.25, 0.3) is 11.8 Å². The quantitative estimate of drug-likeness (QED) is 0.306. The molecule has 0 N–H and O–H groups in total. The van der Waals surface area contributed by atoms with Crippen molar-refractivity contribution in [3.8, 4) is 0 Å². The van der Waals surface area contributed by atoms with Gasteiger partial charge >= 0.3 is 0 Å². The first-order valence-electron chi connectivity index (χ1n) is 11.4. The van der Waals surface area contributed by atoms with Crippen LogP contribution in [0.1, 0.15) is 42.0 Å². The minimum Gasteiger partial charge on any atom is -0.308 e. The smallest absolute Gasteiger partial charge is 0.174 e. The minimum absolute atomic E-state index is 0. The first-order chi connectivity index (χ1) is 16.7. The lowest BCUT2D eigenvalue weighted by Crippen LogP contribution is -2.35. The number of aliphatic imine (C=N–C) groups is 1. The average molecular weight is 582 g/mol. The largest absolute Gasteiger partial charge is 0.308 e. The van der Waals surface area contributed by atoms with Crippen LogP contribution >= 0.6 is 51.9 Å². The Balaban J connectivity index is 0.00000253. The molecule has 0 amide bonds. The number of hydrogen-bond donors (Lipinski definition) is 0. The van der Waals surface area contributed by atoms with Gasteiger partial charge < -0.3 is 4.90 Å². The highest BCUT2D eigenvalue weighted by atomic mass is 79.9. The van der Waals surface area contributed by atoms with Gasteiger partial charge in [-0.05, 0) is 65.3 Å². The highest BCUT2D eigenvalue weighted by molar-refractivity contribution is 8.93. The van der Waals surface area contributed by atoms with E-state index in [2.05, 4.69) is 64.9 Å². The number of hydrogen-bond acceptors (Lipinski definition) is 3. The van der Waals surface area contributed by atoms with Crippen molar-refractivity contribution in [2.24, 2.45) is 4.99 Å². The Kier molecular flexibility index (Phi) is 7.26. The molecular weight excluding hydrogens is 559 g/mol. The number of fused-ring (bicyclic) bond motifs is 1. The van der Waals surface area contributed by atoms with Gasteiger partial charge in [-0.1, -0.05) is 102 Å². The number of amidine groups is 1. The fourth-order valence-corrected chi connectivity index (χ4v) is 6.35. The lowest BCUT2D eigenvalue weighted by Gasteiger charge is -2.40. The fraction of sp³-hybridized carbons (Fsp3) is 0.138. The summed E-state index contributed by atoms with van der Waals surface area (Å²) in [6.45, 7) is 0. The zero-order valence-corrected chi connectivity index (χ0v) is 22.9. The molecule has 0 radical (unpaired) electrons. The van der Waals surface area contributed by atoms with E-state index in [-0.39, 0.29) is 23.0 Å². The van der Waals surface area contributed by atoms with Crippen molar-refractivity contribution >= 4 is 68.9 Å². The van der Waals surface area contributed by atoms with Gasteiger partial charge in [0.25, 0.3) is 0 Å². The number of halogens is 3. The van der Waals surface area contributed by atoms with Crippen molar-refractivity contribution in [3.05, 3.63) is 128 Å². The molecule has 2 nitrogen and oxygen atoms in total. The molecule has 0 bridgehead atoms. The van der Waals surface area contributed by atoms with Crippen molar-refractivity contribution in [1.82, 2.24) is 4.90 Å².